The number of rotatable bonds is 4. The lowest BCUT2D eigenvalue weighted by Crippen LogP contribution is -2.48. The number of ether oxygens (including phenoxy) is 1. The minimum absolute atomic E-state index is 0.248. The van der Waals surface area contributed by atoms with Crippen molar-refractivity contribution in [2.45, 2.75) is 31.3 Å². The van der Waals surface area contributed by atoms with Gasteiger partial charge in [0.1, 0.15) is 5.54 Å². The molecule has 4 heteroatoms. The highest BCUT2D eigenvalue weighted by molar-refractivity contribution is 9.10. The molecule has 2 rings (SSSR count). The van der Waals surface area contributed by atoms with Crippen LogP contribution in [0.2, 0.25) is 0 Å². The molecule has 0 aromatic heterocycles. The summed E-state index contributed by atoms with van der Waals surface area (Å²) in [7, 11) is 1.42. The highest BCUT2D eigenvalue weighted by atomic mass is 79.9. The van der Waals surface area contributed by atoms with Crippen LogP contribution in [0.4, 0.5) is 0 Å². The third-order valence-electron chi connectivity index (χ3n) is 3.07. The van der Waals surface area contributed by atoms with Crippen molar-refractivity contribution in [3.05, 3.63) is 34.3 Å². The molecule has 1 atom stereocenters. The van der Waals surface area contributed by atoms with Crippen LogP contribution < -0.4 is 5.32 Å². The van der Waals surface area contributed by atoms with E-state index in [1.54, 1.807) is 0 Å². The summed E-state index contributed by atoms with van der Waals surface area (Å²) in [5, 5.41) is 3.37. The first kappa shape index (κ1) is 12.6. The number of hydrogen-bond donors (Lipinski definition) is 1. The molecule has 1 unspecified atom stereocenters. The van der Waals surface area contributed by atoms with E-state index in [0.717, 1.165) is 22.9 Å². The standard InChI is InChI=1S/C13H16BrNO2/c1-13(12(16)17-2,15-11-6-7-11)9-4-3-5-10(14)8-9/h3-5,8,11,15H,6-7H2,1-2H3. The van der Waals surface area contributed by atoms with Crippen LogP contribution in [-0.4, -0.2) is 19.1 Å². The van der Waals surface area contributed by atoms with Gasteiger partial charge in [-0.05, 0) is 37.5 Å². The van der Waals surface area contributed by atoms with Gasteiger partial charge in [-0.25, -0.2) is 4.79 Å². The molecule has 92 valence electrons. The van der Waals surface area contributed by atoms with Gasteiger partial charge in [0, 0.05) is 10.5 Å². The minimum atomic E-state index is -0.764. The van der Waals surface area contributed by atoms with Crippen molar-refractivity contribution >= 4 is 21.9 Å². The number of esters is 1. The highest BCUT2D eigenvalue weighted by Crippen LogP contribution is 2.30. The Hall–Kier alpha value is -0.870. The fourth-order valence-corrected chi connectivity index (χ4v) is 2.30. The molecule has 0 aliphatic heterocycles. The van der Waals surface area contributed by atoms with Crippen molar-refractivity contribution in [3.8, 4) is 0 Å². The Morgan fingerprint density at radius 1 is 1.53 bits per heavy atom. The van der Waals surface area contributed by atoms with Crippen molar-refractivity contribution in [2.75, 3.05) is 7.11 Å². The van der Waals surface area contributed by atoms with E-state index in [1.165, 1.54) is 7.11 Å². The van der Waals surface area contributed by atoms with E-state index in [4.69, 9.17) is 4.74 Å². The maximum absolute atomic E-state index is 12.0. The average molecular weight is 298 g/mol. The first-order valence-corrected chi connectivity index (χ1v) is 6.48. The maximum atomic E-state index is 12.0. The van der Waals surface area contributed by atoms with Crippen molar-refractivity contribution in [1.82, 2.24) is 5.32 Å². The lowest BCUT2D eigenvalue weighted by Gasteiger charge is -2.28. The number of benzene rings is 1. The van der Waals surface area contributed by atoms with E-state index in [1.807, 2.05) is 31.2 Å². The van der Waals surface area contributed by atoms with Crippen molar-refractivity contribution in [2.24, 2.45) is 0 Å². The fourth-order valence-electron chi connectivity index (χ4n) is 1.90. The van der Waals surface area contributed by atoms with Gasteiger partial charge in [0.15, 0.2) is 0 Å². The summed E-state index contributed by atoms with van der Waals surface area (Å²) in [6.45, 7) is 1.87. The third-order valence-corrected chi connectivity index (χ3v) is 3.56. The summed E-state index contributed by atoms with van der Waals surface area (Å²) in [5.41, 5.74) is 0.158. The first-order chi connectivity index (χ1) is 8.06. The number of halogens is 1. The Kier molecular flexibility index (Phi) is 3.54. The Balaban J connectivity index is 2.34. The van der Waals surface area contributed by atoms with Gasteiger partial charge >= 0.3 is 5.97 Å². The van der Waals surface area contributed by atoms with Gasteiger partial charge < -0.3 is 4.74 Å². The Morgan fingerprint density at radius 3 is 2.76 bits per heavy atom. The number of nitrogens with one attached hydrogen (secondary N) is 1. The van der Waals surface area contributed by atoms with E-state index in [-0.39, 0.29) is 5.97 Å². The SMILES string of the molecule is COC(=O)C(C)(NC1CC1)c1cccc(Br)c1. The van der Waals surface area contributed by atoms with Crippen LogP contribution in [0.25, 0.3) is 0 Å². The number of methoxy groups -OCH3 is 1. The Morgan fingerprint density at radius 2 is 2.24 bits per heavy atom. The van der Waals surface area contributed by atoms with Crippen LogP contribution in [-0.2, 0) is 15.1 Å². The van der Waals surface area contributed by atoms with Gasteiger partial charge in [-0.3, -0.25) is 5.32 Å². The number of carbonyl (C=O) groups is 1. The zero-order valence-corrected chi connectivity index (χ0v) is 11.6. The second-order valence-electron chi connectivity index (χ2n) is 4.55. The zero-order chi connectivity index (χ0) is 12.5. The molecule has 1 aliphatic carbocycles. The molecule has 1 saturated carbocycles. The molecule has 0 heterocycles. The highest BCUT2D eigenvalue weighted by Gasteiger charge is 2.40. The molecule has 0 spiro atoms. The molecule has 0 radical (unpaired) electrons. The average Bonchev–Trinajstić information content (AvgIpc) is 3.11. The first-order valence-electron chi connectivity index (χ1n) is 5.68. The number of carbonyl (C=O) groups excluding carboxylic acids is 1. The lowest BCUT2D eigenvalue weighted by atomic mass is 9.92. The van der Waals surface area contributed by atoms with Crippen LogP contribution in [0.5, 0.6) is 0 Å². The van der Waals surface area contributed by atoms with Crippen LogP contribution in [0.3, 0.4) is 0 Å². The number of hydrogen-bond acceptors (Lipinski definition) is 3. The molecule has 3 nitrogen and oxygen atoms in total. The normalized spacial score (nSPS) is 18.5. The van der Waals surface area contributed by atoms with Gasteiger partial charge in [0.2, 0.25) is 0 Å². The summed E-state index contributed by atoms with van der Waals surface area (Å²) in [6, 6.07) is 8.19. The van der Waals surface area contributed by atoms with E-state index in [0.29, 0.717) is 6.04 Å². The zero-order valence-electron chi connectivity index (χ0n) is 10.00. The monoisotopic (exact) mass is 297 g/mol. The van der Waals surface area contributed by atoms with E-state index < -0.39 is 5.54 Å². The summed E-state index contributed by atoms with van der Waals surface area (Å²) >= 11 is 3.43. The summed E-state index contributed by atoms with van der Waals surface area (Å²) in [6.07, 6.45) is 2.25. The van der Waals surface area contributed by atoms with E-state index in [2.05, 4.69) is 21.2 Å². The van der Waals surface area contributed by atoms with Gasteiger partial charge in [0.05, 0.1) is 7.11 Å². The van der Waals surface area contributed by atoms with Crippen LogP contribution in [0.15, 0.2) is 28.7 Å². The van der Waals surface area contributed by atoms with Crippen molar-refractivity contribution in [3.63, 3.8) is 0 Å². The summed E-state index contributed by atoms with van der Waals surface area (Å²) in [4.78, 5) is 12.0. The summed E-state index contributed by atoms with van der Waals surface area (Å²) in [5.74, 6) is -0.248. The van der Waals surface area contributed by atoms with Crippen LogP contribution in [0, 0.1) is 0 Å². The molecule has 17 heavy (non-hydrogen) atoms. The van der Waals surface area contributed by atoms with Gasteiger partial charge in [-0.1, -0.05) is 28.1 Å². The predicted molar refractivity (Wildman–Crippen MR) is 69.7 cm³/mol. The lowest BCUT2D eigenvalue weighted by molar-refractivity contribution is -0.148. The third kappa shape index (κ3) is 2.69. The molecule has 0 bridgehead atoms. The molecular weight excluding hydrogens is 282 g/mol. The fraction of sp³-hybridized carbons (Fsp3) is 0.462. The van der Waals surface area contributed by atoms with Crippen molar-refractivity contribution < 1.29 is 9.53 Å². The van der Waals surface area contributed by atoms with Crippen molar-refractivity contribution in [1.29, 1.82) is 0 Å². The maximum Gasteiger partial charge on any atom is 0.330 e. The molecule has 1 N–H and O–H groups in total. The molecule has 0 amide bonds. The second-order valence-corrected chi connectivity index (χ2v) is 5.46. The molecular formula is C13H16BrNO2. The van der Waals surface area contributed by atoms with E-state index in [9.17, 15) is 4.79 Å². The topological polar surface area (TPSA) is 38.3 Å². The van der Waals surface area contributed by atoms with Gasteiger partial charge in [-0.15, -0.1) is 0 Å². The van der Waals surface area contributed by atoms with Crippen LogP contribution in [0.1, 0.15) is 25.3 Å². The quantitative estimate of drug-likeness (QED) is 0.868. The van der Waals surface area contributed by atoms with Crippen LogP contribution >= 0.6 is 15.9 Å². The molecule has 1 aliphatic rings. The predicted octanol–water partition coefficient (Wildman–Crippen LogP) is 2.59. The largest absolute Gasteiger partial charge is 0.467 e. The second kappa shape index (κ2) is 4.78. The summed E-state index contributed by atoms with van der Waals surface area (Å²) < 4.78 is 5.88. The van der Waals surface area contributed by atoms with Gasteiger partial charge in [-0.2, -0.15) is 0 Å². The minimum Gasteiger partial charge on any atom is -0.467 e. The molecule has 1 fully saturated rings. The smallest absolute Gasteiger partial charge is 0.330 e. The molecule has 0 saturated heterocycles. The Labute approximate surface area is 110 Å². The van der Waals surface area contributed by atoms with E-state index >= 15 is 0 Å². The van der Waals surface area contributed by atoms with Gasteiger partial charge in [0.25, 0.3) is 0 Å². The Bertz CT molecular complexity index is 431. The molecule has 1 aromatic carbocycles. The molecule has 1 aromatic rings.